The Morgan fingerprint density at radius 1 is 1.21 bits per heavy atom. The Hall–Kier alpha value is -2.74. The zero-order valence-electron chi connectivity index (χ0n) is 16.8. The second-order valence-corrected chi connectivity index (χ2v) is 8.00. The molecule has 0 bridgehead atoms. The summed E-state index contributed by atoms with van der Waals surface area (Å²) in [5.74, 6) is -1.47. The second kappa shape index (κ2) is 9.65. The van der Waals surface area contributed by atoms with E-state index < -0.39 is 17.9 Å². The van der Waals surface area contributed by atoms with Gasteiger partial charge in [-0.05, 0) is 18.9 Å². The number of thiazole rings is 1. The first-order chi connectivity index (χ1) is 14.0. The fourth-order valence-electron chi connectivity index (χ4n) is 3.35. The van der Waals surface area contributed by atoms with Gasteiger partial charge in [0.1, 0.15) is 11.0 Å². The zero-order valence-corrected chi connectivity index (χ0v) is 17.6. The number of benzene rings is 1. The van der Waals surface area contributed by atoms with Crippen molar-refractivity contribution in [3.05, 3.63) is 52.0 Å². The van der Waals surface area contributed by atoms with Crippen molar-refractivity contribution >= 4 is 29.1 Å². The van der Waals surface area contributed by atoms with Crippen molar-refractivity contribution in [2.24, 2.45) is 0 Å². The van der Waals surface area contributed by atoms with E-state index in [0.717, 1.165) is 23.5 Å². The molecule has 2 heterocycles. The van der Waals surface area contributed by atoms with Gasteiger partial charge in [0.2, 0.25) is 5.91 Å². The molecule has 2 aromatic rings. The number of unbranched alkanes of at least 4 members (excludes halogenated alkanes) is 1. The Labute approximate surface area is 174 Å². The van der Waals surface area contributed by atoms with Crippen LogP contribution in [0.2, 0.25) is 0 Å². The highest BCUT2D eigenvalue weighted by molar-refractivity contribution is 7.09. The first-order valence-corrected chi connectivity index (χ1v) is 10.7. The number of carbonyl (C=O) groups excluding carboxylic acids is 3. The van der Waals surface area contributed by atoms with Gasteiger partial charge in [-0.25, -0.2) is 4.98 Å². The summed E-state index contributed by atoms with van der Waals surface area (Å²) in [6, 6.07) is 8.26. The van der Waals surface area contributed by atoms with Crippen molar-refractivity contribution in [1.82, 2.24) is 20.1 Å². The van der Waals surface area contributed by atoms with E-state index in [9.17, 15) is 14.4 Å². The molecule has 1 fully saturated rings. The zero-order chi connectivity index (χ0) is 20.8. The number of nitrogens with one attached hydrogen (secondary N) is 1. The van der Waals surface area contributed by atoms with Gasteiger partial charge in [-0.15, -0.1) is 11.3 Å². The Kier molecular flexibility index (Phi) is 6.98. The van der Waals surface area contributed by atoms with Gasteiger partial charge in [-0.2, -0.15) is 0 Å². The molecule has 29 heavy (non-hydrogen) atoms. The number of carbonyl (C=O) groups is 3. The highest BCUT2D eigenvalue weighted by Gasteiger charge is 2.39. The molecular formula is C21H26N4O3S. The lowest BCUT2D eigenvalue weighted by Crippen LogP contribution is -2.57. The number of piperazine rings is 1. The molecule has 0 saturated carbocycles. The highest BCUT2D eigenvalue weighted by Crippen LogP contribution is 2.24. The lowest BCUT2D eigenvalue weighted by atomic mass is 10.0. The van der Waals surface area contributed by atoms with Gasteiger partial charge in [0.25, 0.3) is 0 Å². The summed E-state index contributed by atoms with van der Waals surface area (Å²) in [5, 5.41) is 5.60. The molecule has 1 aromatic heterocycles. The topological polar surface area (TPSA) is 82.6 Å². The van der Waals surface area contributed by atoms with Crippen LogP contribution in [0.1, 0.15) is 42.1 Å². The third-order valence-corrected chi connectivity index (χ3v) is 5.85. The number of aryl methyl sites for hydroxylation is 1. The van der Waals surface area contributed by atoms with Crippen LogP contribution in [0.3, 0.4) is 0 Å². The molecule has 0 radical (unpaired) electrons. The van der Waals surface area contributed by atoms with Gasteiger partial charge >= 0.3 is 11.8 Å². The third-order valence-electron chi connectivity index (χ3n) is 4.88. The summed E-state index contributed by atoms with van der Waals surface area (Å²) in [4.78, 5) is 45.8. The van der Waals surface area contributed by atoms with Crippen LogP contribution in [-0.4, -0.2) is 52.1 Å². The maximum Gasteiger partial charge on any atom is 0.313 e. The van der Waals surface area contributed by atoms with Gasteiger partial charge in [-0.1, -0.05) is 43.7 Å². The van der Waals surface area contributed by atoms with Crippen molar-refractivity contribution in [3.8, 4) is 0 Å². The predicted molar refractivity (Wildman–Crippen MR) is 111 cm³/mol. The monoisotopic (exact) mass is 414 g/mol. The van der Waals surface area contributed by atoms with Gasteiger partial charge in [0.15, 0.2) is 0 Å². The van der Waals surface area contributed by atoms with Crippen LogP contribution >= 0.6 is 11.3 Å². The number of amides is 3. The van der Waals surface area contributed by atoms with Crippen LogP contribution in [-0.2, 0) is 20.9 Å². The van der Waals surface area contributed by atoms with Crippen LogP contribution < -0.4 is 5.32 Å². The quantitative estimate of drug-likeness (QED) is 0.672. The van der Waals surface area contributed by atoms with Crippen LogP contribution in [0.4, 0.5) is 0 Å². The number of nitrogens with zero attached hydrogens (tertiary/aromatic N) is 3. The maximum atomic E-state index is 13.1. The smallest absolute Gasteiger partial charge is 0.313 e. The predicted octanol–water partition coefficient (Wildman–Crippen LogP) is 2.28. The number of aromatic nitrogens is 1. The van der Waals surface area contributed by atoms with Gasteiger partial charge in [-0.3, -0.25) is 14.4 Å². The van der Waals surface area contributed by atoms with Gasteiger partial charge in [0, 0.05) is 30.7 Å². The van der Waals surface area contributed by atoms with Crippen molar-refractivity contribution in [3.63, 3.8) is 0 Å². The van der Waals surface area contributed by atoms with Crippen molar-refractivity contribution in [2.45, 2.75) is 39.3 Å². The highest BCUT2D eigenvalue weighted by atomic mass is 32.1. The second-order valence-electron chi connectivity index (χ2n) is 7.06. The molecule has 0 aliphatic carbocycles. The molecule has 8 heteroatoms. The molecule has 0 unspecified atom stereocenters. The normalized spacial score (nSPS) is 15.5. The van der Waals surface area contributed by atoms with E-state index in [1.807, 2.05) is 37.4 Å². The molecule has 3 amide bonds. The van der Waals surface area contributed by atoms with Gasteiger partial charge < -0.3 is 15.1 Å². The summed E-state index contributed by atoms with van der Waals surface area (Å²) >= 11 is 1.48. The molecule has 3 rings (SSSR count). The van der Waals surface area contributed by atoms with Crippen molar-refractivity contribution in [2.75, 3.05) is 19.6 Å². The van der Waals surface area contributed by atoms with E-state index in [4.69, 9.17) is 0 Å². The number of hydrogen-bond donors (Lipinski definition) is 1. The summed E-state index contributed by atoms with van der Waals surface area (Å²) in [5.41, 5.74) is 1.59. The van der Waals surface area contributed by atoms with Crippen molar-refractivity contribution in [1.29, 1.82) is 0 Å². The van der Waals surface area contributed by atoms with E-state index in [0.29, 0.717) is 31.7 Å². The number of hydrogen-bond acceptors (Lipinski definition) is 5. The summed E-state index contributed by atoms with van der Waals surface area (Å²) in [6.45, 7) is 5.57. The minimum absolute atomic E-state index is 0.291. The first kappa shape index (κ1) is 21.0. The van der Waals surface area contributed by atoms with Gasteiger partial charge in [0.05, 0.1) is 6.54 Å². The first-order valence-electron chi connectivity index (χ1n) is 9.84. The molecule has 1 N–H and O–H groups in total. The van der Waals surface area contributed by atoms with Crippen LogP contribution in [0.5, 0.6) is 0 Å². The molecule has 1 saturated heterocycles. The molecule has 154 valence electrons. The standard InChI is InChI=1S/C21H26N4O3S/c1-3-4-10-24-11-12-25(21(28)20(24)27)18(16-8-6-5-7-9-16)19(26)22-13-17-23-15(2)14-29-17/h5-9,14,18H,3-4,10-13H2,1-2H3,(H,22,26)/t18-/m0/s1. The summed E-state index contributed by atoms with van der Waals surface area (Å²) in [7, 11) is 0. The molecule has 1 aliphatic heterocycles. The van der Waals surface area contributed by atoms with E-state index in [2.05, 4.69) is 10.3 Å². The number of rotatable bonds is 8. The Balaban J connectivity index is 1.78. The maximum absolute atomic E-state index is 13.1. The van der Waals surface area contributed by atoms with Crippen LogP contribution in [0, 0.1) is 6.92 Å². The molecule has 0 spiro atoms. The Morgan fingerprint density at radius 3 is 2.62 bits per heavy atom. The molecule has 1 atom stereocenters. The molecule has 7 nitrogen and oxygen atoms in total. The van der Waals surface area contributed by atoms with Crippen LogP contribution in [0.25, 0.3) is 0 Å². The van der Waals surface area contributed by atoms with Crippen LogP contribution in [0.15, 0.2) is 35.7 Å². The SMILES string of the molecule is CCCCN1CCN([C@H](C(=O)NCc2nc(C)cs2)c2ccccc2)C(=O)C1=O. The van der Waals surface area contributed by atoms with E-state index in [1.165, 1.54) is 16.2 Å². The Morgan fingerprint density at radius 2 is 1.97 bits per heavy atom. The fraction of sp³-hybridized carbons (Fsp3) is 0.429. The molecule has 1 aliphatic rings. The molecular weight excluding hydrogens is 388 g/mol. The summed E-state index contributed by atoms with van der Waals surface area (Å²) < 4.78 is 0. The average Bonchev–Trinajstić information content (AvgIpc) is 3.15. The Bertz CT molecular complexity index is 868. The van der Waals surface area contributed by atoms with E-state index >= 15 is 0 Å². The largest absolute Gasteiger partial charge is 0.347 e. The van der Waals surface area contributed by atoms with E-state index in [-0.39, 0.29) is 5.91 Å². The average molecular weight is 415 g/mol. The lowest BCUT2D eigenvalue weighted by molar-refractivity contribution is -0.159. The third kappa shape index (κ3) is 5.00. The van der Waals surface area contributed by atoms with E-state index in [1.54, 1.807) is 17.0 Å². The minimum Gasteiger partial charge on any atom is -0.347 e. The lowest BCUT2D eigenvalue weighted by Gasteiger charge is -2.38. The minimum atomic E-state index is -0.845. The fourth-order valence-corrected chi connectivity index (χ4v) is 4.06. The van der Waals surface area contributed by atoms with Crippen molar-refractivity contribution < 1.29 is 14.4 Å². The summed E-state index contributed by atoms with van der Waals surface area (Å²) in [6.07, 6.45) is 1.81. The molecule has 1 aromatic carbocycles.